The first kappa shape index (κ1) is 20.4. The summed E-state index contributed by atoms with van der Waals surface area (Å²) in [6.45, 7) is 0.948. The van der Waals surface area contributed by atoms with E-state index in [2.05, 4.69) is 10.4 Å². The normalized spacial score (nSPS) is 23.3. The van der Waals surface area contributed by atoms with Gasteiger partial charge >= 0.3 is 0 Å². The van der Waals surface area contributed by atoms with E-state index in [9.17, 15) is 4.79 Å². The van der Waals surface area contributed by atoms with Gasteiger partial charge in [-0.05, 0) is 36.2 Å². The number of ether oxygens (including phenoxy) is 1. The highest BCUT2D eigenvalue weighted by Crippen LogP contribution is 2.54. The highest BCUT2D eigenvalue weighted by Gasteiger charge is 2.62. The minimum atomic E-state index is -2.96. The lowest BCUT2D eigenvalue weighted by molar-refractivity contribution is -0.135. The van der Waals surface area contributed by atoms with Gasteiger partial charge in [0.15, 0.2) is 0 Å². The molecule has 33 heavy (non-hydrogen) atoms. The van der Waals surface area contributed by atoms with Gasteiger partial charge in [0.1, 0.15) is 12.4 Å². The number of hydrogen-bond acceptors (Lipinski definition) is 4. The van der Waals surface area contributed by atoms with E-state index >= 15 is 8.78 Å². The van der Waals surface area contributed by atoms with Crippen LogP contribution in [0, 0.1) is 0 Å². The Kier molecular flexibility index (Phi) is 4.39. The third-order valence-electron chi connectivity index (χ3n) is 7.26. The van der Waals surface area contributed by atoms with Crippen molar-refractivity contribution in [3.05, 3.63) is 71.0 Å². The Balaban J connectivity index is 1.24. The number of carbonyl (C=O) groups is 1. The molecule has 1 unspecified atom stereocenters. The van der Waals surface area contributed by atoms with Crippen LogP contribution in [0.3, 0.4) is 0 Å². The molecule has 6 rings (SSSR count). The Morgan fingerprint density at radius 1 is 1.21 bits per heavy atom. The first-order chi connectivity index (χ1) is 15.9. The second-order valence-electron chi connectivity index (χ2n) is 9.29. The molecule has 1 aromatic heterocycles. The minimum Gasteiger partial charge on any atom is -0.492 e. The SMILES string of the molecule is Cn1cc(-c2cccc(CN3CCC4(COc5c4ccc4c5CNC4=O)C(F)(F)C3)c2)cn1. The van der Waals surface area contributed by atoms with Crippen molar-refractivity contribution in [2.75, 3.05) is 19.7 Å². The molecule has 1 atom stereocenters. The number of hydrogen-bond donors (Lipinski definition) is 1. The molecular weight excluding hydrogens is 426 g/mol. The molecule has 1 N–H and O–H groups in total. The molecule has 0 aliphatic carbocycles. The molecule has 1 fully saturated rings. The number of amides is 1. The van der Waals surface area contributed by atoms with Gasteiger partial charge in [-0.15, -0.1) is 0 Å². The van der Waals surface area contributed by atoms with Crippen molar-refractivity contribution in [1.82, 2.24) is 20.0 Å². The lowest BCUT2D eigenvalue weighted by atomic mass is 9.71. The van der Waals surface area contributed by atoms with E-state index in [1.54, 1.807) is 23.0 Å². The molecule has 1 saturated heterocycles. The Morgan fingerprint density at radius 3 is 2.88 bits per heavy atom. The summed E-state index contributed by atoms with van der Waals surface area (Å²) < 4.78 is 39.1. The number of fused-ring (bicyclic) bond motifs is 4. The van der Waals surface area contributed by atoms with Gasteiger partial charge < -0.3 is 10.1 Å². The van der Waals surface area contributed by atoms with E-state index in [0.717, 1.165) is 16.7 Å². The van der Waals surface area contributed by atoms with E-state index < -0.39 is 11.3 Å². The molecule has 8 heteroatoms. The summed E-state index contributed by atoms with van der Waals surface area (Å²) in [7, 11) is 1.87. The van der Waals surface area contributed by atoms with Crippen molar-refractivity contribution in [3.8, 4) is 16.9 Å². The fraction of sp³-hybridized carbons (Fsp3) is 0.360. The number of nitrogens with one attached hydrogen (secondary N) is 1. The second kappa shape index (κ2) is 7.12. The molecule has 3 aliphatic heterocycles. The van der Waals surface area contributed by atoms with Crippen molar-refractivity contribution in [2.45, 2.75) is 30.8 Å². The third-order valence-corrected chi connectivity index (χ3v) is 7.26. The first-order valence-corrected chi connectivity index (χ1v) is 11.1. The van der Waals surface area contributed by atoms with E-state index in [1.807, 2.05) is 42.4 Å². The van der Waals surface area contributed by atoms with Crippen LogP contribution in [0.5, 0.6) is 5.75 Å². The summed E-state index contributed by atoms with van der Waals surface area (Å²) >= 11 is 0. The number of aromatic nitrogens is 2. The Labute approximate surface area is 190 Å². The number of rotatable bonds is 3. The quantitative estimate of drug-likeness (QED) is 0.664. The molecule has 0 saturated carbocycles. The Morgan fingerprint density at radius 2 is 2.09 bits per heavy atom. The molecule has 1 spiro atoms. The van der Waals surface area contributed by atoms with Crippen LogP contribution in [0.15, 0.2) is 48.8 Å². The van der Waals surface area contributed by atoms with Crippen molar-refractivity contribution in [1.29, 1.82) is 0 Å². The number of carbonyl (C=O) groups excluding carboxylic acids is 1. The average molecular weight is 450 g/mol. The van der Waals surface area contributed by atoms with Crippen LogP contribution in [0.25, 0.3) is 11.1 Å². The Hall–Kier alpha value is -3.26. The zero-order chi connectivity index (χ0) is 22.8. The third kappa shape index (κ3) is 3.08. The van der Waals surface area contributed by atoms with Crippen molar-refractivity contribution in [2.24, 2.45) is 7.05 Å². The van der Waals surface area contributed by atoms with Gasteiger partial charge in [0.05, 0.1) is 18.2 Å². The van der Waals surface area contributed by atoms with Crippen LogP contribution >= 0.6 is 0 Å². The molecule has 4 heterocycles. The number of benzene rings is 2. The van der Waals surface area contributed by atoms with Crippen molar-refractivity contribution < 1.29 is 18.3 Å². The zero-order valence-corrected chi connectivity index (χ0v) is 18.3. The van der Waals surface area contributed by atoms with Crippen LogP contribution < -0.4 is 10.1 Å². The summed E-state index contributed by atoms with van der Waals surface area (Å²) in [6, 6.07) is 11.3. The summed E-state index contributed by atoms with van der Waals surface area (Å²) in [4.78, 5) is 13.8. The lowest BCUT2D eigenvalue weighted by Crippen LogP contribution is -2.58. The maximum absolute atomic E-state index is 15.8. The fourth-order valence-electron chi connectivity index (χ4n) is 5.46. The van der Waals surface area contributed by atoms with Gasteiger partial charge in [-0.25, -0.2) is 8.78 Å². The maximum atomic E-state index is 15.8. The topological polar surface area (TPSA) is 59.4 Å². The van der Waals surface area contributed by atoms with Gasteiger partial charge in [-0.2, -0.15) is 5.10 Å². The van der Waals surface area contributed by atoms with Crippen molar-refractivity contribution in [3.63, 3.8) is 0 Å². The molecule has 1 amide bonds. The minimum absolute atomic E-state index is 0.0513. The summed E-state index contributed by atoms with van der Waals surface area (Å²) in [5.41, 5.74) is 3.45. The van der Waals surface area contributed by atoms with E-state index in [1.165, 1.54) is 0 Å². The van der Waals surface area contributed by atoms with Crippen LogP contribution in [0.4, 0.5) is 8.78 Å². The van der Waals surface area contributed by atoms with Crippen LogP contribution in [0.2, 0.25) is 0 Å². The van der Waals surface area contributed by atoms with Gasteiger partial charge in [-0.1, -0.05) is 24.3 Å². The molecule has 6 nitrogen and oxygen atoms in total. The van der Waals surface area contributed by atoms with Gasteiger partial charge in [0.25, 0.3) is 11.8 Å². The maximum Gasteiger partial charge on any atom is 0.273 e. The fourth-order valence-corrected chi connectivity index (χ4v) is 5.46. The number of piperidine rings is 1. The van der Waals surface area contributed by atoms with Gasteiger partial charge in [-0.3, -0.25) is 14.4 Å². The van der Waals surface area contributed by atoms with Crippen molar-refractivity contribution >= 4 is 5.91 Å². The zero-order valence-electron chi connectivity index (χ0n) is 18.3. The molecule has 2 aromatic carbocycles. The number of nitrogens with zero attached hydrogens (tertiary/aromatic N) is 3. The van der Waals surface area contributed by atoms with Crippen LogP contribution in [-0.4, -0.2) is 46.2 Å². The highest BCUT2D eigenvalue weighted by molar-refractivity contribution is 5.99. The lowest BCUT2D eigenvalue weighted by Gasteiger charge is -2.44. The van der Waals surface area contributed by atoms with Gasteiger partial charge in [0, 0.05) is 48.6 Å². The van der Waals surface area contributed by atoms with Gasteiger partial charge in [0.2, 0.25) is 0 Å². The molecular formula is C25H24F2N4O2. The molecule has 170 valence electrons. The average Bonchev–Trinajstić information content (AvgIpc) is 3.49. The number of alkyl halides is 2. The predicted octanol–water partition coefficient (Wildman–Crippen LogP) is 3.50. The van der Waals surface area contributed by atoms with Crippen LogP contribution in [-0.2, 0) is 25.6 Å². The molecule has 3 aliphatic rings. The predicted molar refractivity (Wildman–Crippen MR) is 118 cm³/mol. The summed E-state index contributed by atoms with van der Waals surface area (Å²) in [6.07, 6.45) is 4.04. The molecule has 0 bridgehead atoms. The summed E-state index contributed by atoms with van der Waals surface area (Å²) in [5.74, 6) is -2.66. The summed E-state index contributed by atoms with van der Waals surface area (Å²) in [5, 5.41) is 6.97. The first-order valence-electron chi connectivity index (χ1n) is 11.1. The number of aryl methyl sites for hydroxylation is 1. The van der Waals surface area contributed by atoms with E-state index in [4.69, 9.17) is 4.74 Å². The van der Waals surface area contributed by atoms with E-state index in [0.29, 0.717) is 48.5 Å². The molecule has 0 radical (unpaired) electrons. The standard InChI is InChI=1S/C25H24F2N4O2/c1-30-13-18(10-29-30)17-4-2-3-16(9-17)12-31-8-7-24(25(26,27)14-31)15-33-22-20-11-28-23(32)19(20)5-6-21(22)24/h2-6,9-10,13H,7-8,11-12,14-15H2,1H3,(H,28,32). The number of likely N-dealkylation sites (tertiary alicyclic amines) is 1. The molecule has 3 aromatic rings. The van der Waals surface area contributed by atoms with Crippen LogP contribution in [0.1, 0.15) is 33.5 Å². The highest BCUT2D eigenvalue weighted by atomic mass is 19.3. The monoisotopic (exact) mass is 450 g/mol. The second-order valence-corrected chi connectivity index (χ2v) is 9.29. The largest absolute Gasteiger partial charge is 0.492 e. The smallest absolute Gasteiger partial charge is 0.273 e. The number of halogens is 2. The van der Waals surface area contributed by atoms with E-state index in [-0.39, 0.29) is 19.1 Å². The Bertz CT molecular complexity index is 1270.